The van der Waals surface area contributed by atoms with Crippen LogP contribution in [-0.2, 0) is 0 Å². The zero-order chi connectivity index (χ0) is 18.0. The number of nitrogens with one attached hydrogen (secondary N) is 1. The Bertz CT molecular complexity index is 655. The maximum Gasteiger partial charge on any atom is 0.319 e. The molecule has 24 heavy (non-hydrogen) atoms. The molecule has 2 rings (SSSR count). The molecular formula is C17H26N4O3. The first-order valence-corrected chi connectivity index (χ1v) is 8.14. The third-order valence-corrected chi connectivity index (χ3v) is 4.46. The highest BCUT2D eigenvalue weighted by atomic mass is 16.2. The summed E-state index contributed by atoms with van der Waals surface area (Å²) in [4.78, 5) is 44.6. The summed E-state index contributed by atoms with van der Waals surface area (Å²) in [5.74, 6) is -0.0494. The number of Topliss-reactive ketones (excluding diaryl/α,β-unsaturated/α-hetero) is 2. The Labute approximate surface area is 142 Å². The van der Waals surface area contributed by atoms with E-state index in [2.05, 4.69) is 4.98 Å². The van der Waals surface area contributed by atoms with E-state index in [1.807, 2.05) is 11.8 Å². The van der Waals surface area contributed by atoms with Crippen molar-refractivity contribution in [3.05, 3.63) is 22.5 Å². The molecule has 1 aliphatic rings. The lowest BCUT2D eigenvalue weighted by molar-refractivity contribution is 0.0858. The lowest BCUT2D eigenvalue weighted by atomic mass is 10.1. The van der Waals surface area contributed by atoms with Crippen LogP contribution in [0.4, 0.5) is 4.79 Å². The molecule has 2 amide bonds. The van der Waals surface area contributed by atoms with E-state index in [1.54, 1.807) is 30.8 Å². The van der Waals surface area contributed by atoms with E-state index in [1.165, 1.54) is 6.92 Å². The monoisotopic (exact) mass is 334 g/mol. The summed E-state index contributed by atoms with van der Waals surface area (Å²) in [6, 6.07) is 0.00270. The number of urea groups is 1. The number of amides is 2. The fourth-order valence-electron chi connectivity index (χ4n) is 3.22. The van der Waals surface area contributed by atoms with Crippen LogP contribution in [0.15, 0.2) is 0 Å². The Morgan fingerprint density at radius 3 is 2.12 bits per heavy atom. The molecule has 0 bridgehead atoms. The molecule has 1 aromatic heterocycles. The number of carbonyl (C=O) groups excluding carboxylic acids is 3. The molecule has 1 fully saturated rings. The number of aromatic nitrogens is 1. The van der Waals surface area contributed by atoms with E-state index in [0.717, 1.165) is 11.3 Å². The van der Waals surface area contributed by atoms with Crippen LogP contribution in [0.25, 0.3) is 0 Å². The topological polar surface area (TPSA) is 76.7 Å². The summed E-state index contributed by atoms with van der Waals surface area (Å²) in [6.45, 7) is 8.00. The number of aromatic amines is 1. The molecule has 1 aliphatic heterocycles. The van der Waals surface area contributed by atoms with E-state index in [-0.39, 0.29) is 17.6 Å². The Hall–Kier alpha value is -2.15. The molecule has 1 aromatic rings. The highest BCUT2D eigenvalue weighted by molar-refractivity contribution is 6.03. The van der Waals surface area contributed by atoms with Gasteiger partial charge in [0.1, 0.15) is 0 Å². The molecule has 2 heterocycles. The number of rotatable bonds is 4. The number of H-pyrrole nitrogens is 1. The van der Waals surface area contributed by atoms with Gasteiger partial charge in [0.2, 0.25) is 0 Å². The summed E-state index contributed by atoms with van der Waals surface area (Å²) < 4.78 is 0. The summed E-state index contributed by atoms with van der Waals surface area (Å²) in [5.41, 5.74) is 2.60. The average molecular weight is 334 g/mol. The zero-order valence-electron chi connectivity index (χ0n) is 15.1. The molecular weight excluding hydrogens is 308 g/mol. The lowest BCUT2D eigenvalue weighted by Crippen LogP contribution is -2.52. The van der Waals surface area contributed by atoms with Crippen molar-refractivity contribution in [2.45, 2.75) is 20.8 Å². The number of carbonyl (C=O) groups is 3. The van der Waals surface area contributed by atoms with Gasteiger partial charge in [0, 0.05) is 51.5 Å². The van der Waals surface area contributed by atoms with Gasteiger partial charge in [-0.05, 0) is 26.3 Å². The second kappa shape index (κ2) is 7.17. The highest BCUT2D eigenvalue weighted by Crippen LogP contribution is 2.19. The molecule has 0 saturated carbocycles. The fourth-order valence-corrected chi connectivity index (χ4v) is 3.22. The van der Waals surface area contributed by atoms with Crippen molar-refractivity contribution in [2.75, 3.05) is 46.8 Å². The predicted molar refractivity (Wildman–Crippen MR) is 91.7 cm³/mol. The summed E-state index contributed by atoms with van der Waals surface area (Å²) in [7, 11) is 3.47. The van der Waals surface area contributed by atoms with Crippen LogP contribution in [-0.4, -0.2) is 84.1 Å². The van der Waals surface area contributed by atoms with Crippen molar-refractivity contribution in [3.8, 4) is 0 Å². The SMILES string of the molecule is CC(=O)c1c(C)[nH]c(C(=O)CN2CCN(C(=O)N(C)C)CC2)c1C. The van der Waals surface area contributed by atoms with Gasteiger partial charge in [-0.2, -0.15) is 0 Å². The van der Waals surface area contributed by atoms with E-state index in [9.17, 15) is 14.4 Å². The molecule has 0 radical (unpaired) electrons. The van der Waals surface area contributed by atoms with Gasteiger partial charge < -0.3 is 14.8 Å². The minimum atomic E-state index is -0.0314. The lowest BCUT2D eigenvalue weighted by Gasteiger charge is -2.35. The van der Waals surface area contributed by atoms with Crippen molar-refractivity contribution >= 4 is 17.6 Å². The summed E-state index contributed by atoms with van der Waals surface area (Å²) in [5, 5.41) is 0. The third kappa shape index (κ3) is 3.67. The average Bonchev–Trinajstić information content (AvgIpc) is 2.82. The van der Waals surface area contributed by atoms with Crippen LogP contribution >= 0.6 is 0 Å². The third-order valence-electron chi connectivity index (χ3n) is 4.46. The van der Waals surface area contributed by atoms with Crippen molar-refractivity contribution in [2.24, 2.45) is 0 Å². The molecule has 0 atom stereocenters. The Morgan fingerprint density at radius 1 is 1.08 bits per heavy atom. The molecule has 0 aromatic carbocycles. The number of aryl methyl sites for hydroxylation is 1. The van der Waals surface area contributed by atoms with Crippen LogP contribution in [0.2, 0.25) is 0 Å². The smallest absolute Gasteiger partial charge is 0.319 e. The quantitative estimate of drug-likeness (QED) is 0.843. The minimum absolute atomic E-state index is 0.00270. The first-order chi connectivity index (χ1) is 11.2. The van der Waals surface area contributed by atoms with Gasteiger partial charge in [-0.1, -0.05) is 0 Å². The molecule has 0 unspecified atom stereocenters. The van der Waals surface area contributed by atoms with E-state index in [0.29, 0.717) is 44.0 Å². The first-order valence-electron chi connectivity index (χ1n) is 8.14. The number of nitrogens with zero attached hydrogens (tertiary/aromatic N) is 3. The fraction of sp³-hybridized carbons (Fsp3) is 0.588. The molecule has 0 aliphatic carbocycles. The van der Waals surface area contributed by atoms with Gasteiger partial charge in [-0.15, -0.1) is 0 Å². The molecule has 7 nitrogen and oxygen atoms in total. The number of ketones is 2. The van der Waals surface area contributed by atoms with Gasteiger partial charge in [0.15, 0.2) is 11.6 Å². The second-order valence-corrected chi connectivity index (χ2v) is 6.54. The van der Waals surface area contributed by atoms with Crippen molar-refractivity contribution < 1.29 is 14.4 Å². The summed E-state index contributed by atoms with van der Waals surface area (Å²) in [6.07, 6.45) is 0. The van der Waals surface area contributed by atoms with Gasteiger partial charge in [-0.25, -0.2) is 4.79 Å². The van der Waals surface area contributed by atoms with Crippen molar-refractivity contribution in [1.29, 1.82) is 0 Å². The van der Waals surface area contributed by atoms with Crippen molar-refractivity contribution in [1.82, 2.24) is 19.7 Å². The van der Waals surface area contributed by atoms with E-state index >= 15 is 0 Å². The number of piperazine rings is 1. The van der Waals surface area contributed by atoms with Crippen LogP contribution in [0.1, 0.15) is 39.0 Å². The van der Waals surface area contributed by atoms with Gasteiger partial charge in [0.25, 0.3) is 0 Å². The van der Waals surface area contributed by atoms with Gasteiger partial charge >= 0.3 is 6.03 Å². The van der Waals surface area contributed by atoms with Crippen molar-refractivity contribution in [3.63, 3.8) is 0 Å². The molecule has 0 spiro atoms. The van der Waals surface area contributed by atoms with Gasteiger partial charge in [0.05, 0.1) is 12.2 Å². The van der Waals surface area contributed by atoms with Crippen LogP contribution < -0.4 is 0 Å². The standard InChI is InChI=1S/C17H26N4O3/c1-11-15(13(3)22)12(2)18-16(11)14(23)10-20-6-8-21(9-7-20)17(24)19(4)5/h18H,6-10H2,1-5H3. The van der Waals surface area contributed by atoms with Crippen LogP contribution in [0.5, 0.6) is 0 Å². The second-order valence-electron chi connectivity index (χ2n) is 6.54. The number of hydrogen-bond donors (Lipinski definition) is 1. The maximum atomic E-state index is 12.6. The minimum Gasteiger partial charge on any atom is -0.355 e. The first kappa shape index (κ1) is 18.2. The van der Waals surface area contributed by atoms with Gasteiger partial charge in [-0.3, -0.25) is 14.5 Å². The maximum absolute atomic E-state index is 12.6. The predicted octanol–water partition coefficient (Wildman–Crippen LogP) is 1.32. The van der Waals surface area contributed by atoms with Crippen LogP contribution in [0.3, 0.4) is 0 Å². The van der Waals surface area contributed by atoms with E-state index < -0.39 is 0 Å². The largest absolute Gasteiger partial charge is 0.355 e. The van der Waals surface area contributed by atoms with E-state index in [4.69, 9.17) is 0 Å². The summed E-state index contributed by atoms with van der Waals surface area (Å²) >= 11 is 0. The Morgan fingerprint density at radius 2 is 1.67 bits per heavy atom. The molecule has 132 valence electrons. The van der Waals surface area contributed by atoms with Crippen LogP contribution in [0, 0.1) is 13.8 Å². The Kier molecular flexibility index (Phi) is 5.43. The molecule has 1 saturated heterocycles. The number of hydrogen-bond acceptors (Lipinski definition) is 4. The molecule has 1 N–H and O–H groups in total. The normalized spacial score (nSPS) is 15.5. The Balaban J connectivity index is 1.99. The molecule has 7 heteroatoms. The highest BCUT2D eigenvalue weighted by Gasteiger charge is 2.25. The zero-order valence-corrected chi connectivity index (χ0v) is 15.1.